The van der Waals surface area contributed by atoms with Crippen molar-refractivity contribution >= 4 is 21.6 Å². The van der Waals surface area contributed by atoms with E-state index in [1.807, 2.05) is 5.38 Å². The maximum Gasteiger partial charge on any atom is 0.335 e. The first-order valence-corrected chi connectivity index (χ1v) is 7.31. The van der Waals surface area contributed by atoms with Crippen molar-refractivity contribution < 1.29 is 4.74 Å². The number of aromatic nitrogens is 4. The molecule has 0 amide bonds. The lowest BCUT2D eigenvalue weighted by molar-refractivity contribution is 0.391. The molecule has 0 aliphatic rings. The molecule has 0 bridgehead atoms. The summed E-state index contributed by atoms with van der Waals surface area (Å²) in [5.74, 6) is 0.455. The summed E-state index contributed by atoms with van der Waals surface area (Å²) in [6.45, 7) is 0.537. The third-order valence-corrected chi connectivity index (χ3v) is 4.08. The van der Waals surface area contributed by atoms with Crippen LogP contribution >= 0.6 is 11.3 Å². The van der Waals surface area contributed by atoms with Gasteiger partial charge in [0.25, 0.3) is 5.56 Å². The van der Waals surface area contributed by atoms with Crippen LogP contribution in [0.25, 0.3) is 16.0 Å². The number of nitrogens with one attached hydrogen (secondary N) is 2. The minimum absolute atomic E-state index is 0.149. The van der Waals surface area contributed by atoms with Gasteiger partial charge in [-0.3, -0.25) is 9.78 Å². The molecule has 9 heteroatoms. The Balaban J connectivity index is 2.26. The molecule has 0 radical (unpaired) electrons. The van der Waals surface area contributed by atoms with Crippen LogP contribution in [0.3, 0.4) is 0 Å². The summed E-state index contributed by atoms with van der Waals surface area (Å²) in [6, 6.07) is 3.05. The Morgan fingerprint density at radius 3 is 2.82 bits per heavy atom. The maximum atomic E-state index is 12.7. The van der Waals surface area contributed by atoms with Crippen LogP contribution in [-0.2, 0) is 6.54 Å². The average Bonchev–Trinajstić information content (AvgIpc) is 2.91. The van der Waals surface area contributed by atoms with E-state index in [9.17, 15) is 9.59 Å². The molecule has 0 fully saturated rings. The van der Waals surface area contributed by atoms with Crippen molar-refractivity contribution in [3.63, 3.8) is 0 Å². The second-order valence-corrected chi connectivity index (χ2v) is 5.38. The van der Waals surface area contributed by atoms with E-state index in [-0.39, 0.29) is 5.82 Å². The summed E-state index contributed by atoms with van der Waals surface area (Å²) < 4.78 is 5.89. The quantitative estimate of drug-likeness (QED) is 0.715. The number of thiophene rings is 1. The smallest absolute Gasteiger partial charge is 0.335 e. The van der Waals surface area contributed by atoms with Crippen molar-refractivity contribution in [1.82, 2.24) is 25.1 Å². The lowest BCUT2D eigenvalue weighted by atomic mass is 10.2. The van der Waals surface area contributed by atoms with E-state index in [0.29, 0.717) is 22.6 Å². The molecule has 0 aliphatic heterocycles. The highest BCUT2D eigenvalue weighted by Crippen LogP contribution is 2.20. The number of ether oxygens (including phenoxy) is 1. The molecule has 3 rings (SSSR count). The number of methoxy groups -OCH3 is 1. The number of rotatable bonds is 4. The summed E-state index contributed by atoms with van der Waals surface area (Å²) >= 11 is 1.33. The van der Waals surface area contributed by atoms with E-state index in [1.165, 1.54) is 24.5 Å². The van der Waals surface area contributed by atoms with Gasteiger partial charge in [0, 0.05) is 12.6 Å². The molecule has 3 aromatic rings. The van der Waals surface area contributed by atoms with Crippen LogP contribution in [0.5, 0.6) is 5.88 Å². The Labute approximate surface area is 128 Å². The molecular formula is C13H13N5O3S. The molecule has 2 N–H and O–H groups in total. The lowest BCUT2D eigenvalue weighted by Crippen LogP contribution is -2.34. The van der Waals surface area contributed by atoms with Crippen molar-refractivity contribution in [1.29, 1.82) is 0 Å². The molecule has 3 heterocycles. The van der Waals surface area contributed by atoms with Gasteiger partial charge in [-0.2, -0.15) is 0 Å². The largest absolute Gasteiger partial charge is 0.480 e. The molecular weight excluding hydrogens is 306 g/mol. The predicted molar refractivity (Wildman–Crippen MR) is 82.9 cm³/mol. The Hall–Kier alpha value is -2.52. The fourth-order valence-corrected chi connectivity index (χ4v) is 3.09. The maximum absolute atomic E-state index is 12.7. The highest BCUT2D eigenvalue weighted by Gasteiger charge is 2.15. The molecule has 0 aromatic carbocycles. The zero-order valence-corrected chi connectivity index (χ0v) is 12.7. The Morgan fingerprint density at radius 1 is 1.36 bits per heavy atom. The average molecular weight is 319 g/mol. The van der Waals surface area contributed by atoms with E-state index < -0.39 is 11.2 Å². The minimum Gasteiger partial charge on any atom is -0.480 e. The number of aromatic amines is 1. The zero-order chi connectivity index (χ0) is 15.7. The van der Waals surface area contributed by atoms with Gasteiger partial charge in [-0.15, -0.1) is 21.5 Å². The summed E-state index contributed by atoms with van der Waals surface area (Å²) in [5, 5.41) is 13.0. The van der Waals surface area contributed by atoms with E-state index in [0.717, 1.165) is 10.1 Å². The lowest BCUT2D eigenvalue weighted by Gasteiger charge is -2.05. The van der Waals surface area contributed by atoms with Crippen LogP contribution < -0.4 is 21.3 Å². The van der Waals surface area contributed by atoms with Crippen molar-refractivity contribution in [3.8, 4) is 11.7 Å². The summed E-state index contributed by atoms with van der Waals surface area (Å²) in [6.07, 6.45) is 0. The SMILES string of the molecule is CNCc1csc2[nH]c(=O)n(-c3ccc(OC)nn3)c(=O)c12. The summed E-state index contributed by atoms with van der Waals surface area (Å²) in [4.78, 5) is 28.1. The number of fused-ring (bicyclic) bond motifs is 1. The van der Waals surface area contributed by atoms with Gasteiger partial charge in [-0.05, 0) is 24.1 Å². The van der Waals surface area contributed by atoms with Gasteiger partial charge >= 0.3 is 5.69 Å². The van der Waals surface area contributed by atoms with E-state index in [1.54, 1.807) is 13.1 Å². The monoisotopic (exact) mass is 319 g/mol. The van der Waals surface area contributed by atoms with Crippen molar-refractivity contribution in [2.24, 2.45) is 0 Å². The Bertz CT molecular complexity index is 925. The molecule has 8 nitrogen and oxygen atoms in total. The standard InChI is InChI=1S/C13H13N5O3S/c1-14-5-7-6-22-11-10(7)12(19)18(13(20)15-11)8-3-4-9(21-2)17-16-8/h3-4,6,14H,5H2,1-2H3,(H,15,20). The molecule has 114 valence electrons. The van der Waals surface area contributed by atoms with Gasteiger partial charge in [0.05, 0.1) is 12.5 Å². The molecule has 0 spiro atoms. The second kappa shape index (κ2) is 5.70. The number of nitrogens with zero attached hydrogens (tertiary/aromatic N) is 3. The molecule has 0 aliphatic carbocycles. The molecule has 0 unspecified atom stereocenters. The fraction of sp³-hybridized carbons (Fsp3) is 0.231. The van der Waals surface area contributed by atoms with E-state index in [2.05, 4.69) is 20.5 Å². The number of H-pyrrole nitrogens is 1. The third-order valence-electron chi connectivity index (χ3n) is 3.14. The van der Waals surface area contributed by atoms with Crippen LogP contribution in [0.2, 0.25) is 0 Å². The van der Waals surface area contributed by atoms with Crippen molar-refractivity contribution in [2.45, 2.75) is 6.54 Å². The number of hydrogen-bond acceptors (Lipinski definition) is 7. The first-order valence-electron chi connectivity index (χ1n) is 6.43. The Morgan fingerprint density at radius 2 is 2.18 bits per heavy atom. The van der Waals surface area contributed by atoms with Crippen molar-refractivity contribution in [3.05, 3.63) is 43.9 Å². The van der Waals surface area contributed by atoms with Crippen LogP contribution in [-0.4, -0.2) is 33.9 Å². The highest BCUT2D eigenvalue weighted by molar-refractivity contribution is 7.16. The van der Waals surface area contributed by atoms with Crippen LogP contribution in [0.1, 0.15) is 5.56 Å². The normalized spacial score (nSPS) is 11.0. The van der Waals surface area contributed by atoms with Crippen LogP contribution in [0.4, 0.5) is 0 Å². The topological polar surface area (TPSA) is 102 Å². The highest BCUT2D eigenvalue weighted by atomic mass is 32.1. The summed E-state index contributed by atoms with van der Waals surface area (Å²) in [5.41, 5.74) is -0.126. The van der Waals surface area contributed by atoms with Crippen LogP contribution in [0.15, 0.2) is 27.1 Å². The summed E-state index contributed by atoms with van der Waals surface area (Å²) in [7, 11) is 3.26. The predicted octanol–water partition coefficient (Wildman–Crippen LogP) is 0.259. The molecule has 0 saturated carbocycles. The number of hydrogen-bond donors (Lipinski definition) is 2. The molecule has 22 heavy (non-hydrogen) atoms. The van der Waals surface area contributed by atoms with Gasteiger partial charge in [0.15, 0.2) is 5.82 Å². The molecule has 3 aromatic heterocycles. The second-order valence-electron chi connectivity index (χ2n) is 4.50. The van der Waals surface area contributed by atoms with E-state index in [4.69, 9.17) is 4.74 Å². The molecule has 0 atom stereocenters. The van der Waals surface area contributed by atoms with Crippen LogP contribution in [0, 0.1) is 0 Å². The van der Waals surface area contributed by atoms with Gasteiger partial charge in [-0.25, -0.2) is 9.36 Å². The van der Waals surface area contributed by atoms with Gasteiger partial charge < -0.3 is 10.1 Å². The first-order chi connectivity index (χ1) is 10.7. The van der Waals surface area contributed by atoms with Crippen molar-refractivity contribution in [2.75, 3.05) is 14.2 Å². The fourth-order valence-electron chi connectivity index (χ4n) is 2.15. The van der Waals surface area contributed by atoms with Gasteiger partial charge in [0.2, 0.25) is 5.88 Å². The van der Waals surface area contributed by atoms with E-state index >= 15 is 0 Å². The van der Waals surface area contributed by atoms with Gasteiger partial charge in [0.1, 0.15) is 4.83 Å². The first kappa shape index (κ1) is 14.4. The van der Waals surface area contributed by atoms with Gasteiger partial charge in [-0.1, -0.05) is 0 Å². The minimum atomic E-state index is -0.546. The molecule has 0 saturated heterocycles. The zero-order valence-electron chi connectivity index (χ0n) is 11.9. The Kier molecular flexibility index (Phi) is 3.73. The third kappa shape index (κ3) is 2.30.